The normalized spacial score (nSPS) is 24.6. The van der Waals surface area contributed by atoms with E-state index in [1.807, 2.05) is 25.7 Å². The third-order valence-corrected chi connectivity index (χ3v) is 4.43. The zero-order chi connectivity index (χ0) is 18.5. The summed E-state index contributed by atoms with van der Waals surface area (Å²) in [6.45, 7) is 15.1. The highest BCUT2D eigenvalue weighted by Gasteiger charge is 2.47. The second-order valence-electron chi connectivity index (χ2n) is 7.95. The predicted octanol–water partition coefficient (Wildman–Crippen LogP) is 2.58. The summed E-state index contributed by atoms with van der Waals surface area (Å²) in [7, 11) is 2.08. The largest absolute Gasteiger partial charge is 0.444 e. The van der Waals surface area contributed by atoms with E-state index in [0.29, 0.717) is 19.6 Å². The molecule has 1 unspecified atom stereocenters. The fraction of sp³-hybridized carbons (Fsp3) is 0.889. The van der Waals surface area contributed by atoms with Crippen LogP contribution in [-0.2, 0) is 9.53 Å². The summed E-state index contributed by atoms with van der Waals surface area (Å²) >= 11 is 0. The zero-order valence-electron chi connectivity index (χ0n) is 16.5. The Morgan fingerprint density at radius 1 is 1.04 bits per heavy atom. The highest BCUT2D eigenvalue weighted by Crippen LogP contribution is 2.31. The third-order valence-electron chi connectivity index (χ3n) is 4.43. The molecule has 6 nitrogen and oxygen atoms in total. The van der Waals surface area contributed by atoms with Crippen molar-refractivity contribution in [1.29, 1.82) is 0 Å². The second kappa shape index (κ2) is 8.19. The van der Waals surface area contributed by atoms with Gasteiger partial charge in [-0.3, -0.25) is 9.69 Å². The van der Waals surface area contributed by atoms with Gasteiger partial charge in [0.05, 0.1) is 5.54 Å². The number of likely N-dealkylation sites (tertiary alicyclic amines) is 1. The molecule has 6 heteroatoms. The molecule has 2 saturated heterocycles. The van der Waals surface area contributed by atoms with Crippen LogP contribution in [-0.4, -0.2) is 77.6 Å². The minimum Gasteiger partial charge on any atom is -0.444 e. The van der Waals surface area contributed by atoms with Crippen LogP contribution < -0.4 is 0 Å². The maximum Gasteiger partial charge on any atom is 0.410 e. The first-order chi connectivity index (χ1) is 11.0. The van der Waals surface area contributed by atoms with E-state index in [1.54, 1.807) is 11.8 Å². The van der Waals surface area contributed by atoms with Crippen molar-refractivity contribution in [2.45, 2.75) is 65.5 Å². The van der Waals surface area contributed by atoms with Gasteiger partial charge in [-0.2, -0.15) is 0 Å². The Hall–Kier alpha value is -1.30. The third kappa shape index (κ3) is 5.36. The standard InChI is InChI=1S/C15H27N3O3.C3H8/c1-12(19)17-9-8-16(5)15(10-17)6-7-18(11-15)13(20)21-14(2,3)4;1-3-2/h6-11H2,1-5H3;3H2,1-2H3. The second-order valence-corrected chi connectivity index (χ2v) is 7.95. The fourth-order valence-electron chi connectivity index (χ4n) is 3.11. The van der Waals surface area contributed by atoms with Crippen molar-refractivity contribution < 1.29 is 14.3 Å². The summed E-state index contributed by atoms with van der Waals surface area (Å²) < 4.78 is 5.45. The molecule has 0 aliphatic carbocycles. The van der Waals surface area contributed by atoms with E-state index in [-0.39, 0.29) is 17.5 Å². The molecule has 24 heavy (non-hydrogen) atoms. The van der Waals surface area contributed by atoms with Crippen LogP contribution in [0.4, 0.5) is 4.79 Å². The number of likely N-dealkylation sites (N-methyl/N-ethyl adjacent to an activating group) is 1. The van der Waals surface area contributed by atoms with Gasteiger partial charge >= 0.3 is 6.09 Å². The molecule has 1 spiro atoms. The van der Waals surface area contributed by atoms with Gasteiger partial charge in [-0.05, 0) is 34.2 Å². The van der Waals surface area contributed by atoms with Gasteiger partial charge in [0.15, 0.2) is 0 Å². The minimum atomic E-state index is -0.475. The lowest BCUT2D eigenvalue weighted by atomic mass is 9.93. The Balaban J connectivity index is 0.000000891. The van der Waals surface area contributed by atoms with E-state index in [0.717, 1.165) is 19.5 Å². The Labute approximate surface area is 147 Å². The lowest BCUT2D eigenvalue weighted by Gasteiger charge is -2.47. The van der Waals surface area contributed by atoms with Crippen LogP contribution in [0.5, 0.6) is 0 Å². The van der Waals surface area contributed by atoms with E-state index in [2.05, 4.69) is 25.8 Å². The van der Waals surface area contributed by atoms with Gasteiger partial charge in [0.2, 0.25) is 5.91 Å². The highest BCUT2D eigenvalue weighted by atomic mass is 16.6. The van der Waals surface area contributed by atoms with E-state index < -0.39 is 5.60 Å². The van der Waals surface area contributed by atoms with Crippen LogP contribution in [0.1, 0.15) is 54.4 Å². The molecule has 2 amide bonds. The molecule has 0 aromatic carbocycles. The number of rotatable bonds is 0. The molecule has 1 atom stereocenters. The first kappa shape index (κ1) is 20.7. The van der Waals surface area contributed by atoms with Gasteiger partial charge in [0.1, 0.15) is 5.60 Å². The zero-order valence-corrected chi connectivity index (χ0v) is 16.5. The number of amides is 2. The van der Waals surface area contributed by atoms with Gasteiger partial charge in [0, 0.05) is 39.6 Å². The summed E-state index contributed by atoms with van der Waals surface area (Å²) in [5.74, 6) is 0.109. The van der Waals surface area contributed by atoms with Crippen molar-refractivity contribution in [1.82, 2.24) is 14.7 Å². The monoisotopic (exact) mass is 341 g/mol. The SMILES string of the molecule is CC(=O)N1CCN(C)C2(CCN(C(=O)OC(C)(C)C)C2)C1.CCC. The van der Waals surface area contributed by atoms with Crippen LogP contribution in [0.3, 0.4) is 0 Å². The summed E-state index contributed by atoms with van der Waals surface area (Å²) in [5.41, 5.74) is -0.600. The number of hydrogen-bond acceptors (Lipinski definition) is 4. The topological polar surface area (TPSA) is 53.1 Å². The number of piperazine rings is 1. The number of hydrogen-bond donors (Lipinski definition) is 0. The van der Waals surface area contributed by atoms with Gasteiger partial charge in [-0.15, -0.1) is 0 Å². The lowest BCUT2D eigenvalue weighted by Crippen LogP contribution is -2.63. The van der Waals surface area contributed by atoms with Crippen molar-refractivity contribution in [2.75, 3.05) is 39.8 Å². The molecule has 0 bridgehead atoms. The van der Waals surface area contributed by atoms with Gasteiger partial charge in [0.25, 0.3) is 0 Å². The van der Waals surface area contributed by atoms with E-state index in [4.69, 9.17) is 4.74 Å². The molecule has 0 N–H and O–H groups in total. The van der Waals surface area contributed by atoms with Crippen LogP contribution >= 0.6 is 0 Å². The Bertz CT molecular complexity index is 447. The molecular formula is C18H35N3O3. The molecule has 140 valence electrons. The quantitative estimate of drug-likeness (QED) is 0.679. The van der Waals surface area contributed by atoms with Gasteiger partial charge in [-0.25, -0.2) is 4.79 Å². The molecule has 0 aromatic heterocycles. The number of carbonyl (C=O) groups excluding carboxylic acids is 2. The van der Waals surface area contributed by atoms with Crippen LogP contribution in [0.15, 0.2) is 0 Å². The van der Waals surface area contributed by atoms with E-state index in [1.165, 1.54) is 6.42 Å². The summed E-state index contributed by atoms with van der Waals surface area (Å²) in [6, 6.07) is 0. The number of carbonyl (C=O) groups is 2. The molecule has 2 rings (SSSR count). The van der Waals surface area contributed by atoms with Crippen LogP contribution in [0, 0.1) is 0 Å². The maximum absolute atomic E-state index is 12.2. The Kier molecular flexibility index (Phi) is 7.08. The van der Waals surface area contributed by atoms with Gasteiger partial charge in [-0.1, -0.05) is 20.3 Å². The fourth-order valence-corrected chi connectivity index (χ4v) is 3.11. The first-order valence-corrected chi connectivity index (χ1v) is 8.99. The smallest absolute Gasteiger partial charge is 0.410 e. The summed E-state index contributed by atoms with van der Waals surface area (Å²) in [6.07, 6.45) is 1.87. The first-order valence-electron chi connectivity index (χ1n) is 8.99. The molecule has 0 radical (unpaired) electrons. The maximum atomic E-state index is 12.2. The van der Waals surface area contributed by atoms with Crippen LogP contribution in [0.25, 0.3) is 0 Å². The van der Waals surface area contributed by atoms with Crippen molar-refractivity contribution >= 4 is 12.0 Å². The van der Waals surface area contributed by atoms with Crippen molar-refractivity contribution in [2.24, 2.45) is 0 Å². The molecule has 2 heterocycles. The number of ether oxygens (including phenoxy) is 1. The molecular weight excluding hydrogens is 306 g/mol. The average molecular weight is 341 g/mol. The highest BCUT2D eigenvalue weighted by molar-refractivity contribution is 5.73. The Morgan fingerprint density at radius 3 is 2.08 bits per heavy atom. The molecule has 2 aliphatic rings. The van der Waals surface area contributed by atoms with E-state index >= 15 is 0 Å². The Morgan fingerprint density at radius 2 is 1.58 bits per heavy atom. The summed E-state index contributed by atoms with van der Waals surface area (Å²) in [5, 5.41) is 0. The van der Waals surface area contributed by atoms with Crippen molar-refractivity contribution in [3.05, 3.63) is 0 Å². The molecule has 2 fully saturated rings. The van der Waals surface area contributed by atoms with Gasteiger partial charge < -0.3 is 14.5 Å². The van der Waals surface area contributed by atoms with E-state index in [9.17, 15) is 9.59 Å². The molecule has 0 saturated carbocycles. The molecule has 0 aromatic rings. The van der Waals surface area contributed by atoms with Crippen molar-refractivity contribution in [3.8, 4) is 0 Å². The number of nitrogens with zero attached hydrogens (tertiary/aromatic N) is 3. The minimum absolute atomic E-state index is 0.109. The summed E-state index contributed by atoms with van der Waals surface area (Å²) in [4.78, 5) is 29.8. The lowest BCUT2D eigenvalue weighted by molar-refractivity contribution is -0.133. The van der Waals surface area contributed by atoms with Crippen molar-refractivity contribution in [3.63, 3.8) is 0 Å². The molecule has 2 aliphatic heterocycles. The average Bonchev–Trinajstić information content (AvgIpc) is 2.86. The predicted molar refractivity (Wildman–Crippen MR) is 96.0 cm³/mol. The van der Waals surface area contributed by atoms with Crippen LogP contribution in [0.2, 0.25) is 0 Å².